The molecule has 3 heterocycles. The van der Waals surface area contributed by atoms with Gasteiger partial charge in [0.15, 0.2) is 11.5 Å². The van der Waals surface area contributed by atoms with E-state index in [0.29, 0.717) is 52.2 Å². The molecule has 0 atom stereocenters. The zero-order chi connectivity index (χ0) is 34.0. The number of pyridine rings is 1. The molecule has 0 aliphatic rings. The summed E-state index contributed by atoms with van der Waals surface area (Å²) >= 11 is 1.23. The number of nitrogens with zero attached hydrogens (tertiary/aromatic N) is 3. The van der Waals surface area contributed by atoms with E-state index in [2.05, 4.69) is 10.3 Å². The van der Waals surface area contributed by atoms with Gasteiger partial charge in [0.1, 0.15) is 16.9 Å². The van der Waals surface area contributed by atoms with Gasteiger partial charge in [-0.1, -0.05) is 48.5 Å². The molecule has 0 aliphatic carbocycles. The van der Waals surface area contributed by atoms with Crippen LogP contribution in [0.25, 0.3) is 21.0 Å². The highest BCUT2D eigenvalue weighted by Gasteiger charge is 2.38. The summed E-state index contributed by atoms with van der Waals surface area (Å²) in [6, 6.07) is 16.3. The van der Waals surface area contributed by atoms with E-state index >= 15 is 0 Å². The minimum Gasteiger partial charge on any atom is -0.489 e. The summed E-state index contributed by atoms with van der Waals surface area (Å²) in [5, 5.41) is 11.2. The Morgan fingerprint density at radius 2 is 1.74 bits per heavy atom. The summed E-state index contributed by atoms with van der Waals surface area (Å²) in [7, 11) is 0. The van der Waals surface area contributed by atoms with Gasteiger partial charge in [0.25, 0.3) is 11.5 Å². The second kappa shape index (κ2) is 16.0. The van der Waals surface area contributed by atoms with Gasteiger partial charge in [0, 0.05) is 43.0 Å². The maximum atomic E-state index is 14.0. The molecule has 11 nitrogen and oxygen atoms in total. The maximum Gasteiger partial charge on any atom is 0.490 e. The zero-order valence-electron chi connectivity index (χ0n) is 25.2. The summed E-state index contributed by atoms with van der Waals surface area (Å²) in [5.41, 5.74) is 0.770. The van der Waals surface area contributed by atoms with Crippen LogP contribution in [-0.4, -0.2) is 69.4 Å². The number of benzene rings is 2. The van der Waals surface area contributed by atoms with Crippen molar-refractivity contribution in [3.8, 4) is 5.75 Å². The quantitative estimate of drug-likeness (QED) is 0.129. The van der Waals surface area contributed by atoms with Crippen molar-refractivity contribution in [3.63, 3.8) is 0 Å². The summed E-state index contributed by atoms with van der Waals surface area (Å²) in [6.07, 6.45) is 0.949. The van der Waals surface area contributed by atoms with Crippen LogP contribution >= 0.6 is 11.3 Å². The third kappa shape index (κ3) is 8.83. The number of alkyl halides is 3. The van der Waals surface area contributed by atoms with E-state index < -0.39 is 12.1 Å². The van der Waals surface area contributed by atoms with Crippen molar-refractivity contribution in [1.29, 1.82) is 0 Å². The van der Waals surface area contributed by atoms with Gasteiger partial charge in [0.2, 0.25) is 0 Å². The summed E-state index contributed by atoms with van der Waals surface area (Å²) in [6.45, 7) is 3.93. The Hall–Kier alpha value is -5.02. The third-order valence-electron chi connectivity index (χ3n) is 6.73. The number of halogens is 3. The van der Waals surface area contributed by atoms with Crippen LogP contribution in [0.2, 0.25) is 0 Å². The first-order valence-corrected chi connectivity index (χ1v) is 15.2. The number of nitrogens with one attached hydrogen (secondary N) is 1. The van der Waals surface area contributed by atoms with Crippen LogP contribution in [-0.2, 0) is 22.6 Å². The lowest BCUT2D eigenvalue weighted by Crippen LogP contribution is -2.26. The van der Waals surface area contributed by atoms with Gasteiger partial charge in [-0.05, 0) is 19.4 Å². The van der Waals surface area contributed by atoms with Gasteiger partial charge >= 0.3 is 12.1 Å². The topological polar surface area (TPSA) is 142 Å². The first kappa shape index (κ1) is 34.8. The van der Waals surface area contributed by atoms with Gasteiger partial charge < -0.3 is 24.5 Å². The molecule has 0 radical (unpaired) electrons. The van der Waals surface area contributed by atoms with Crippen LogP contribution in [0.1, 0.15) is 33.4 Å². The zero-order valence-corrected chi connectivity index (χ0v) is 26.0. The molecule has 2 N–H and O–H groups in total. The molecule has 0 fully saturated rings. The number of amides is 1. The summed E-state index contributed by atoms with van der Waals surface area (Å²) < 4.78 is 47.3. The van der Waals surface area contributed by atoms with Crippen molar-refractivity contribution in [2.45, 2.75) is 32.6 Å². The second-order valence-electron chi connectivity index (χ2n) is 9.92. The molecule has 3 aromatic heterocycles. The largest absolute Gasteiger partial charge is 0.490 e. The number of hydrogen-bond acceptors (Lipinski definition) is 8. The van der Waals surface area contributed by atoms with Gasteiger partial charge in [-0.15, -0.1) is 11.3 Å². The highest BCUT2D eigenvalue weighted by Crippen LogP contribution is 2.39. The average Bonchev–Trinajstić information content (AvgIpc) is 3.72. The van der Waals surface area contributed by atoms with E-state index in [1.165, 1.54) is 15.9 Å². The Bertz CT molecular complexity index is 1890. The number of carboxylic acids is 1. The number of carboxylic acid groups (broad SMARTS) is 1. The van der Waals surface area contributed by atoms with Crippen LogP contribution < -0.4 is 15.6 Å². The maximum absolute atomic E-state index is 14.0. The number of aromatic nitrogens is 3. The van der Waals surface area contributed by atoms with Crippen molar-refractivity contribution < 1.29 is 42.1 Å². The minimum absolute atomic E-state index is 0.136. The summed E-state index contributed by atoms with van der Waals surface area (Å²) in [4.78, 5) is 53.8. The number of hydrogen-bond donors (Lipinski definition) is 2. The SMILES string of the molecule is CCOCCOc1c(C(=O)NCCCn2ccnc2)sc2c1c(=O)n(CC(=O)c1ccccc1)c1ccccc21.O=C(O)C(F)(F)F. The number of ketones is 1. The lowest BCUT2D eigenvalue weighted by Gasteiger charge is -2.12. The average molecular weight is 673 g/mol. The van der Waals surface area contributed by atoms with Gasteiger partial charge in [-0.3, -0.25) is 19.0 Å². The molecule has 47 heavy (non-hydrogen) atoms. The normalized spacial score (nSPS) is 11.2. The Morgan fingerprint density at radius 1 is 1.04 bits per heavy atom. The van der Waals surface area contributed by atoms with Crippen LogP contribution in [0, 0.1) is 0 Å². The summed E-state index contributed by atoms with van der Waals surface area (Å²) in [5.74, 6) is -3.03. The Kier molecular flexibility index (Phi) is 11.9. The fourth-order valence-electron chi connectivity index (χ4n) is 4.56. The van der Waals surface area contributed by atoms with E-state index in [1.54, 1.807) is 36.8 Å². The number of aliphatic carboxylic acids is 1. The molecule has 5 aromatic rings. The molecule has 0 bridgehead atoms. The molecule has 15 heteroatoms. The number of aryl methyl sites for hydroxylation is 1. The molecule has 5 rings (SSSR count). The van der Waals surface area contributed by atoms with E-state index in [9.17, 15) is 27.6 Å². The molecule has 0 aliphatic heterocycles. The molecule has 0 spiro atoms. The first-order chi connectivity index (χ1) is 22.5. The first-order valence-electron chi connectivity index (χ1n) is 14.4. The smallest absolute Gasteiger partial charge is 0.489 e. The molecule has 0 saturated heterocycles. The fourth-order valence-corrected chi connectivity index (χ4v) is 5.75. The van der Waals surface area contributed by atoms with Crippen LogP contribution in [0.4, 0.5) is 13.2 Å². The number of Topliss-reactive ketones (excluding diaryl/α,β-unsaturated/α-hetero) is 1. The fraction of sp³-hybridized carbons (Fsp3) is 0.281. The molecule has 0 unspecified atom stereocenters. The van der Waals surface area contributed by atoms with Gasteiger partial charge in [-0.25, -0.2) is 9.78 Å². The van der Waals surface area contributed by atoms with Crippen LogP contribution in [0.5, 0.6) is 5.75 Å². The highest BCUT2D eigenvalue weighted by atomic mass is 32.1. The second-order valence-corrected chi connectivity index (χ2v) is 10.9. The number of carbonyl (C=O) groups is 3. The highest BCUT2D eigenvalue weighted by molar-refractivity contribution is 7.22. The predicted octanol–water partition coefficient (Wildman–Crippen LogP) is 5.16. The number of rotatable bonds is 13. The molecule has 0 saturated carbocycles. The third-order valence-corrected chi connectivity index (χ3v) is 7.93. The van der Waals surface area contributed by atoms with E-state index in [-0.39, 0.29) is 36.2 Å². The Balaban J connectivity index is 0.000000644. The predicted molar refractivity (Wildman–Crippen MR) is 169 cm³/mol. The Morgan fingerprint density at radius 3 is 2.40 bits per heavy atom. The Labute approximate surface area is 270 Å². The van der Waals surface area contributed by atoms with Crippen molar-refractivity contribution >= 4 is 50.0 Å². The minimum atomic E-state index is -5.08. The molecule has 248 valence electrons. The van der Waals surface area contributed by atoms with Crippen molar-refractivity contribution in [3.05, 3.63) is 94.1 Å². The lowest BCUT2D eigenvalue weighted by molar-refractivity contribution is -0.192. The number of ether oxygens (including phenoxy) is 2. The van der Waals surface area contributed by atoms with Crippen molar-refractivity contribution in [1.82, 2.24) is 19.4 Å². The molecule has 1 amide bonds. The number of carbonyl (C=O) groups excluding carboxylic acids is 2. The molecular formula is C32H31F3N4O7S. The van der Waals surface area contributed by atoms with E-state index in [1.807, 2.05) is 48.0 Å². The van der Waals surface area contributed by atoms with Crippen molar-refractivity contribution in [2.75, 3.05) is 26.4 Å². The monoisotopic (exact) mass is 672 g/mol. The number of thiophene rings is 1. The molecular weight excluding hydrogens is 641 g/mol. The van der Waals surface area contributed by atoms with Crippen molar-refractivity contribution in [2.24, 2.45) is 0 Å². The van der Waals surface area contributed by atoms with Crippen LogP contribution in [0.3, 0.4) is 0 Å². The molecule has 2 aromatic carbocycles. The van der Waals surface area contributed by atoms with Crippen LogP contribution in [0.15, 0.2) is 78.1 Å². The van der Waals surface area contributed by atoms with E-state index in [0.717, 1.165) is 11.9 Å². The van der Waals surface area contributed by atoms with Gasteiger partial charge in [-0.2, -0.15) is 13.2 Å². The van der Waals surface area contributed by atoms with E-state index in [4.69, 9.17) is 19.4 Å². The van der Waals surface area contributed by atoms with Gasteiger partial charge in [0.05, 0.1) is 29.7 Å². The lowest BCUT2D eigenvalue weighted by atomic mass is 10.1. The standard InChI is InChI=1S/C30H30N4O5S.C2HF3O2/c1-2-38-17-18-39-26-25-27(40-28(26)29(36)32-13-8-15-33-16-14-31-20-33)22-11-6-7-12-23(22)34(30(25)37)19-24(35)21-9-4-3-5-10-21;3-2(4,5)1(6)7/h3-7,9-12,14,16,20H,2,8,13,15,17-19H2,1H3,(H,32,36);(H,6,7). The number of imidazole rings is 1. The number of fused-ring (bicyclic) bond motifs is 3. The number of para-hydroxylation sites is 1.